The van der Waals surface area contributed by atoms with E-state index in [9.17, 15) is 24.0 Å². The average Bonchev–Trinajstić information content (AvgIpc) is 3.52. The number of nitrogens with two attached hydrogens (primary N) is 2. The maximum atomic E-state index is 13.8. The molecule has 4 aromatic rings. The van der Waals surface area contributed by atoms with Crippen LogP contribution in [0.1, 0.15) is 118 Å². The normalized spacial score (nSPS) is 13.9. The monoisotopic (exact) mass is 642 g/mol. The number of hydrogen-bond acceptors (Lipinski definition) is 7. The molecule has 6 rings (SSSR count). The van der Waals surface area contributed by atoms with E-state index in [-0.39, 0.29) is 46.5 Å². The Morgan fingerprint density at radius 2 is 0.875 bits per heavy atom. The van der Waals surface area contributed by atoms with E-state index < -0.39 is 29.4 Å². The SMILES string of the molecule is CCc1ccc(N2C(=O)c3ccc(C(=O)c4ccc5c(c4)C(=O)N(c4ccc(CC)c(CN)c4CC)C5=O)cc3C2=O)c(CC)c1CN. The molecule has 2 aliphatic heterocycles. The number of aryl methyl sites for hydroxylation is 2. The third-order valence-corrected chi connectivity index (χ3v) is 9.66. The number of hydrogen-bond donors (Lipinski definition) is 2. The van der Waals surface area contributed by atoms with Crippen molar-refractivity contribution >= 4 is 40.8 Å². The maximum Gasteiger partial charge on any atom is 0.266 e. The maximum absolute atomic E-state index is 13.8. The van der Waals surface area contributed by atoms with Gasteiger partial charge in [-0.05, 0) is 95.5 Å². The lowest BCUT2D eigenvalue weighted by Gasteiger charge is -2.22. The van der Waals surface area contributed by atoms with E-state index in [1.165, 1.54) is 36.4 Å². The quantitative estimate of drug-likeness (QED) is 0.167. The lowest BCUT2D eigenvalue weighted by molar-refractivity contribution is 0.0910. The predicted octanol–water partition coefficient (Wildman–Crippen LogP) is 5.69. The number of amides is 4. The molecular weight excluding hydrogens is 604 g/mol. The van der Waals surface area contributed by atoms with Gasteiger partial charge in [0.15, 0.2) is 5.78 Å². The van der Waals surface area contributed by atoms with Gasteiger partial charge in [0, 0.05) is 24.2 Å². The molecule has 244 valence electrons. The second-order valence-electron chi connectivity index (χ2n) is 12.0. The first-order valence-electron chi connectivity index (χ1n) is 16.4. The van der Waals surface area contributed by atoms with E-state index in [4.69, 9.17) is 11.5 Å². The molecule has 0 saturated heterocycles. The Kier molecular flexibility index (Phi) is 8.68. The van der Waals surface area contributed by atoms with Crippen LogP contribution >= 0.6 is 0 Å². The molecule has 2 aliphatic rings. The van der Waals surface area contributed by atoms with Crippen LogP contribution < -0.4 is 21.3 Å². The smallest absolute Gasteiger partial charge is 0.266 e. The van der Waals surface area contributed by atoms with E-state index in [1.807, 2.05) is 39.8 Å². The Labute approximate surface area is 279 Å². The molecule has 2 heterocycles. The molecule has 0 unspecified atom stereocenters. The summed E-state index contributed by atoms with van der Waals surface area (Å²) in [5.74, 6) is -2.41. The van der Waals surface area contributed by atoms with E-state index in [0.717, 1.165) is 56.0 Å². The number of carbonyl (C=O) groups is 5. The minimum Gasteiger partial charge on any atom is -0.326 e. The summed E-state index contributed by atoms with van der Waals surface area (Å²) in [5, 5.41) is 0. The fourth-order valence-electron chi connectivity index (χ4n) is 7.21. The van der Waals surface area contributed by atoms with Crippen LogP contribution in [-0.4, -0.2) is 29.4 Å². The average molecular weight is 643 g/mol. The van der Waals surface area contributed by atoms with Crippen LogP contribution in [0.5, 0.6) is 0 Å². The number of benzene rings is 4. The van der Waals surface area contributed by atoms with Gasteiger partial charge < -0.3 is 11.5 Å². The van der Waals surface area contributed by atoms with Crippen molar-refractivity contribution in [2.24, 2.45) is 11.5 Å². The zero-order valence-electron chi connectivity index (χ0n) is 27.6. The van der Waals surface area contributed by atoms with E-state index in [1.54, 1.807) is 12.1 Å². The second-order valence-corrected chi connectivity index (χ2v) is 12.0. The Morgan fingerprint density at radius 3 is 1.21 bits per heavy atom. The minimum atomic E-state index is -0.519. The molecule has 0 aliphatic carbocycles. The number of imide groups is 2. The molecule has 0 aromatic heterocycles. The molecule has 0 saturated carbocycles. The van der Waals surface area contributed by atoms with Gasteiger partial charge in [-0.2, -0.15) is 0 Å². The Balaban J connectivity index is 1.33. The van der Waals surface area contributed by atoms with Crippen LogP contribution in [0.15, 0.2) is 60.7 Å². The predicted molar refractivity (Wildman–Crippen MR) is 185 cm³/mol. The standard InChI is InChI=1S/C39H38N4O5/c1-5-21-11-15-33(25(7-3)31(21)19-40)42-36(45)27-13-9-23(17-29(27)38(42)47)35(44)24-10-14-28-30(18-24)39(48)43(37(28)46)34-16-12-22(6-2)32(20-41)26(34)8-4/h9-18H,5-8,19-20,40-41H2,1-4H3. The molecule has 0 radical (unpaired) electrons. The van der Waals surface area contributed by atoms with E-state index >= 15 is 0 Å². The topological polar surface area (TPSA) is 144 Å². The summed E-state index contributed by atoms with van der Waals surface area (Å²) in [6, 6.07) is 16.2. The minimum absolute atomic E-state index is 0.124. The van der Waals surface area contributed by atoms with Crippen LogP contribution in [0.3, 0.4) is 0 Å². The molecule has 4 amide bonds. The summed E-state index contributed by atoms with van der Waals surface area (Å²) in [5.41, 5.74) is 19.9. The number of carbonyl (C=O) groups excluding carboxylic acids is 5. The summed E-state index contributed by atoms with van der Waals surface area (Å²) < 4.78 is 0. The zero-order chi connectivity index (χ0) is 34.4. The molecular formula is C39H38N4O5. The Bertz CT molecular complexity index is 1920. The van der Waals surface area contributed by atoms with Crippen LogP contribution in [0.2, 0.25) is 0 Å². The zero-order valence-corrected chi connectivity index (χ0v) is 27.6. The van der Waals surface area contributed by atoms with Gasteiger partial charge in [0.05, 0.1) is 33.6 Å². The highest BCUT2D eigenvalue weighted by molar-refractivity contribution is 6.36. The van der Waals surface area contributed by atoms with Crippen molar-refractivity contribution < 1.29 is 24.0 Å². The summed E-state index contributed by atoms with van der Waals surface area (Å²) in [7, 11) is 0. The third-order valence-electron chi connectivity index (χ3n) is 9.66. The number of ketones is 1. The summed E-state index contributed by atoms with van der Waals surface area (Å²) >= 11 is 0. The van der Waals surface area contributed by atoms with Gasteiger partial charge in [0.1, 0.15) is 0 Å². The van der Waals surface area contributed by atoms with Gasteiger partial charge in [-0.3, -0.25) is 24.0 Å². The lowest BCUT2D eigenvalue weighted by atomic mass is 9.95. The highest BCUT2D eigenvalue weighted by Crippen LogP contribution is 2.37. The van der Waals surface area contributed by atoms with E-state index in [0.29, 0.717) is 24.2 Å². The van der Waals surface area contributed by atoms with Crippen molar-refractivity contribution in [2.45, 2.75) is 66.5 Å². The summed E-state index contributed by atoms with van der Waals surface area (Å²) in [6.45, 7) is 8.56. The van der Waals surface area contributed by atoms with Crippen molar-refractivity contribution in [3.63, 3.8) is 0 Å². The fourth-order valence-corrected chi connectivity index (χ4v) is 7.21. The number of anilines is 2. The first-order chi connectivity index (χ1) is 23.1. The first kappa shape index (κ1) is 32.7. The first-order valence-corrected chi connectivity index (χ1v) is 16.4. The van der Waals surface area contributed by atoms with Crippen LogP contribution in [0.25, 0.3) is 0 Å². The van der Waals surface area contributed by atoms with Crippen LogP contribution in [-0.2, 0) is 38.8 Å². The molecule has 9 nitrogen and oxygen atoms in total. The van der Waals surface area contributed by atoms with Crippen molar-refractivity contribution in [1.29, 1.82) is 0 Å². The van der Waals surface area contributed by atoms with Crippen molar-refractivity contribution in [3.05, 3.63) is 127 Å². The molecule has 9 heteroatoms. The highest BCUT2D eigenvalue weighted by Gasteiger charge is 2.40. The Morgan fingerprint density at radius 1 is 0.500 bits per heavy atom. The van der Waals surface area contributed by atoms with Crippen molar-refractivity contribution in [2.75, 3.05) is 9.80 Å². The highest BCUT2D eigenvalue weighted by atomic mass is 16.2. The second kappa shape index (κ2) is 12.7. The van der Waals surface area contributed by atoms with Gasteiger partial charge >= 0.3 is 0 Å². The Hall–Kier alpha value is -5.25. The lowest BCUT2D eigenvalue weighted by Crippen LogP contribution is -2.31. The molecule has 0 bridgehead atoms. The largest absolute Gasteiger partial charge is 0.326 e. The van der Waals surface area contributed by atoms with Crippen molar-refractivity contribution in [1.82, 2.24) is 0 Å². The summed E-state index contributed by atoms with van der Waals surface area (Å²) in [4.78, 5) is 70.7. The van der Waals surface area contributed by atoms with Gasteiger partial charge in [-0.1, -0.05) is 52.0 Å². The summed E-state index contributed by atoms with van der Waals surface area (Å²) in [6.07, 6.45) is 2.72. The van der Waals surface area contributed by atoms with Crippen molar-refractivity contribution in [3.8, 4) is 0 Å². The number of nitrogens with zero attached hydrogens (tertiary/aromatic N) is 2. The molecule has 0 fully saturated rings. The number of fused-ring (bicyclic) bond motifs is 2. The van der Waals surface area contributed by atoms with Crippen LogP contribution in [0, 0.1) is 0 Å². The molecule has 0 atom stereocenters. The van der Waals surface area contributed by atoms with Crippen LogP contribution in [0.4, 0.5) is 11.4 Å². The number of rotatable bonds is 10. The van der Waals surface area contributed by atoms with Gasteiger partial charge in [0.2, 0.25) is 0 Å². The molecule has 0 spiro atoms. The fraction of sp³-hybridized carbons (Fsp3) is 0.256. The van der Waals surface area contributed by atoms with Gasteiger partial charge in [0.25, 0.3) is 23.6 Å². The van der Waals surface area contributed by atoms with E-state index in [2.05, 4.69) is 0 Å². The third kappa shape index (κ3) is 4.89. The van der Waals surface area contributed by atoms with Gasteiger partial charge in [-0.15, -0.1) is 0 Å². The van der Waals surface area contributed by atoms with Gasteiger partial charge in [-0.25, -0.2) is 9.80 Å². The molecule has 4 aromatic carbocycles. The molecule has 4 N–H and O–H groups in total. The molecule has 48 heavy (non-hydrogen) atoms.